The molecule has 1 aromatic rings. The van der Waals surface area contributed by atoms with Crippen LogP contribution in [0.2, 0.25) is 0 Å². The highest BCUT2D eigenvalue weighted by atomic mass is 16.5. The number of ether oxygens (including phenoxy) is 1. The van der Waals surface area contributed by atoms with Crippen LogP contribution in [0.15, 0.2) is 18.2 Å². The number of hydrogen-bond donors (Lipinski definition) is 3. The Morgan fingerprint density at radius 1 is 1.58 bits per heavy atom. The number of carbonyl (C=O) groups excluding carboxylic acids is 2. The van der Waals surface area contributed by atoms with Crippen molar-refractivity contribution < 1.29 is 19.4 Å². The lowest BCUT2D eigenvalue weighted by molar-refractivity contribution is -0.118. The second kappa shape index (κ2) is 5.71. The fraction of sp³-hybridized carbons (Fsp3) is 0.385. The van der Waals surface area contributed by atoms with E-state index in [1.165, 1.54) is 0 Å². The number of hydrogen-bond acceptors (Lipinski definition) is 4. The van der Waals surface area contributed by atoms with Gasteiger partial charge in [-0.3, -0.25) is 9.59 Å². The average Bonchev–Trinajstić information content (AvgIpc) is 2.43. The molecule has 0 fully saturated rings. The second-order valence-corrected chi connectivity index (χ2v) is 4.55. The lowest BCUT2D eigenvalue weighted by Crippen LogP contribution is -2.30. The van der Waals surface area contributed by atoms with Crippen molar-refractivity contribution in [1.82, 2.24) is 5.32 Å². The molecule has 0 bridgehead atoms. The van der Waals surface area contributed by atoms with Crippen molar-refractivity contribution in [3.63, 3.8) is 0 Å². The minimum Gasteiger partial charge on any atom is -0.482 e. The molecule has 0 radical (unpaired) electrons. The molecule has 6 heteroatoms. The molecule has 1 aromatic carbocycles. The third-order valence-electron chi connectivity index (χ3n) is 2.80. The van der Waals surface area contributed by atoms with Gasteiger partial charge in [0.2, 0.25) is 0 Å². The van der Waals surface area contributed by atoms with Crippen LogP contribution in [0.4, 0.5) is 5.69 Å². The van der Waals surface area contributed by atoms with Crippen molar-refractivity contribution in [2.75, 3.05) is 25.1 Å². The first-order chi connectivity index (χ1) is 9.10. The number of rotatable bonds is 4. The van der Waals surface area contributed by atoms with Crippen LogP contribution in [-0.4, -0.2) is 36.7 Å². The van der Waals surface area contributed by atoms with E-state index in [0.717, 1.165) is 0 Å². The highest BCUT2D eigenvalue weighted by Gasteiger charge is 2.17. The number of amides is 2. The first-order valence-electron chi connectivity index (χ1n) is 6.06. The van der Waals surface area contributed by atoms with Gasteiger partial charge in [-0.05, 0) is 24.1 Å². The number of aliphatic hydroxyl groups is 1. The van der Waals surface area contributed by atoms with Gasteiger partial charge in [0.25, 0.3) is 11.8 Å². The maximum atomic E-state index is 11.9. The number of fused-ring (bicyclic) bond motifs is 1. The van der Waals surface area contributed by atoms with E-state index in [0.29, 0.717) is 23.5 Å². The van der Waals surface area contributed by atoms with E-state index in [9.17, 15) is 9.59 Å². The van der Waals surface area contributed by atoms with Crippen LogP contribution in [0.25, 0.3) is 0 Å². The zero-order valence-electron chi connectivity index (χ0n) is 10.6. The number of aliphatic hydroxyl groups excluding tert-OH is 1. The van der Waals surface area contributed by atoms with E-state index >= 15 is 0 Å². The van der Waals surface area contributed by atoms with E-state index in [1.54, 1.807) is 18.2 Å². The van der Waals surface area contributed by atoms with Gasteiger partial charge in [-0.2, -0.15) is 0 Å². The van der Waals surface area contributed by atoms with Crippen LogP contribution >= 0.6 is 0 Å². The molecule has 0 saturated carbocycles. The van der Waals surface area contributed by atoms with E-state index in [-0.39, 0.29) is 30.9 Å². The number of anilines is 1. The summed E-state index contributed by atoms with van der Waals surface area (Å²) in [7, 11) is 0. The Morgan fingerprint density at radius 3 is 3.11 bits per heavy atom. The largest absolute Gasteiger partial charge is 0.482 e. The molecule has 0 saturated heterocycles. The topological polar surface area (TPSA) is 87.7 Å². The van der Waals surface area contributed by atoms with Crippen LogP contribution in [0, 0.1) is 5.92 Å². The van der Waals surface area contributed by atoms with Crippen LogP contribution in [0.3, 0.4) is 0 Å². The van der Waals surface area contributed by atoms with Gasteiger partial charge < -0.3 is 20.5 Å². The maximum absolute atomic E-state index is 11.9. The van der Waals surface area contributed by atoms with Gasteiger partial charge in [0.05, 0.1) is 5.69 Å². The zero-order chi connectivity index (χ0) is 13.8. The quantitative estimate of drug-likeness (QED) is 0.733. The summed E-state index contributed by atoms with van der Waals surface area (Å²) in [6, 6.07) is 4.84. The van der Waals surface area contributed by atoms with E-state index in [4.69, 9.17) is 9.84 Å². The molecule has 1 aliphatic rings. The number of nitrogens with one attached hydrogen (secondary N) is 2. The predicted octanol–water partition coefficient (Wildman–Crippen LogP) is 0.376. The smallest absolute Gasteiger partial charge is 0.262 e. The Hall–Kier alpha value is -2.08. The lowest BCUT2D eigenvalue weighted by Gasteiger charge is -2.18. The molecule has 1 unspecified atom stereocenters. The van der Waals surface area contributed by atoms with Crippen molar-refractivity contribution >= 4 is 17.5 Å². The van der Waals surface area contributed by atoms with E-state index in [1.807, 2.05) is 6.92 Å². The van der Waals surface area contributed by atoms with Gasteiger partial charge in [-0.25, -0.2) is 0 Å². The monoisotopic (exact) mass is 264 g/mol. The molecule has 2 amide bonds. The zero-order valence-corrected chi connectivity index (χ0v) is 10.6. The van der Waals surface area contributed by atoms with Crippen molar-refractivity contribution in [2.24, 2.45) is 5.92 Å². The summed E-state index contributed by atoms with van der Waals surface area (Å²) in [5, 5.41) is 14.3. The van der Waals surface area contributed by atoms with Crippen LogP contribution in [-0.2, 0) is 4.79 Å². The molecular formula is C13H16N2O4. The highest BCUT2D eigenvalue weighted by Crippen LogP contribution is 2.28. The maximum Gasteiger partial charge on any atom is 0.262 e. The van der Waals surface area contributed by atoms with Crippen LogP contribution in [0.1, 0.15) is 17.3 Å². The average molecular weight is 264 g/mol. The van der Waals surface area contributed by atoms with Crippen LogP contribution in [0.5, 0.6) is 5.75 Å². The summed E-state index contributed by atoms with van der Waals surface area (Å²) >= 11 is 0. The van der Waals surface area contributed by atoms with Gasteiger partial charge in [-0.1, -0.05) is 6.92 Å². The summed E-state index contributed by atoms with van der Waals surface area (Å²) in [4.78, 5) is 23.0. The lowest BCUT2D eigenvalue weighted by atomic mass is 10.1. The molecule has 0 aromatic heterocycles. The Bertz CT molecular complexity index is 501. The fourth-order valence-corrected chi connectivity index (χ4v) is 1.65. The van der Waals surface area contributed by atoms with E-state index < -0.39 is 0 Å². The Balaban J connectivity index is 2.05. The standard InChI is InChI=1S/C13H16N2O4/c1-8(6-16)5-14-13(18)9-2-3-10-11(4-9)19-7-12(17)15-10/h2-4,8,16H,5-7H2,1H3,(H,14,18)(H,15,17). The van der Waals surface area contributed by atoms with Crippen molar-refractivity contribution in [2.45, 2.75) is 6.92 Å². The molecule has 1 atom stereocenters. The van der Waals surface area contributed by atoms with Gasteiger partial charge >= 0.3 is 0 Å². The Kier molecular flexibility index (Phi) is 4.01. The SMILES string of the molecule is CC(CO)CNC(=O)c1ccc2c(c1)OCC(=O)N2. The molecule has 2 rings (SSSR count). The van der Waals surface area contributed by atoms with Crippen molar-refractivity contribution in [3.8, 4) is 5.75 Å². The summed E-state index contributed by atoms with van der Waals surface area (Å²) in [6.07, 6.45) is 0. The van der Waals surface area contributed by atoms with Crippen molar-refractivity contribution in [1.29, 1.82) is 0 Å². The third kappa shape index (κ3) is 3.23. The summed E-state index contributed by atoms with van der Waals surface area (Å²) in [5.41, 5.74) is 1.02. The third-order valence-corrected chi connectivity index (χ3v) is 2.80. The molecule has 3 N–H and O–H groups in total. The van der Waals surface area contributed by atoms with Crippen LogP contribution < -0.4 is 15.4 Å². The second-order valence-electron chi connectivity index (χ2n) is 4.55. The van der Waals surface area contributed by atoms with Crippen molar-refractivity contribution in [3.05, 3.63) is 23.8 Å². The van der Waals surface area contributed by atoms with Gasteiger partial charge in [0.1, 0.15) is 5.75 Å². The first kappa shape index (κ1) is 13.4. The molecule has 1 heterocycles. The molecule has 0 spiro atoms. The summed E-state index contributed by atoms with van der Waals surface area (Å²) in [6.45, 7) is 2.23. The Labute approximate surface area is 110 Å². The minimum absolute atomic E-state index is 0.0112. The van der Waals surface area contributed by atoms with Gasteiger partial charge in [0, 0.05) is 18.7 Å². The molecule has 19 heavy (non-hydrogen) atoms. The van der Waals surface area contributed by atoms with Gasteiger partial charge in [-0.15, -0.1) is 0 Å². The highest BCUT2D eigenvalue weighted by molar-refractivity contribution is 5.98. The fourth-order valence-electron chi connectivity index (χ4n) is 1.65. The summed E-state index contributed by atoms with van der Waals surface area (Å²) in [5.74, 6) is 0.0599. The molecule has 102 valence electrons. The van der Waals surface area contributed by atoms with Gasteiger partial charge in [0.15, 0.2) is 6.61 Å². The first-order valence-corrected chi connectivity index (χ1v) is 6.06. The molecule has 1 aliphatic heterocycles. The molecular weight excluding hydrogens is 248 g/mol. The Morgan fingerprint density at radius 2 is 2.37 bits per heavy atom. The summed E-state index contributed by atoms with van der Waals surface area (Å²) < 4.78 is 5.24. The molecule has 6 nitrogen and oxygen atoms in total. The number of carbonyl (C=O) groups is 2. The normalized spacial score (nSPS) is 14.9. The predicted molar refractivity (Wildman–Crippen MR) is 69.1 cm³/mol. The van der Waals surface area contributed by atoms with E-state index in [2.05, 4.69) is 10.6 Å². The minimum atomic E-state index is -0.233. The number of benzene rings is 1. The molecule has 0 aliphatic carbocycles.